The highest BCUT2D eigenvalue weighted by Crippen LogP contribution is 2.24. The van der Waals surface area contributed by atoms with Crippen LogP contribution in [0.5, 0.6) is 5.75 Å². The average molecular weight is 336 g/mol. The van der Waals surface area contributed by atoms with Crippen LogP contribution in [0.15, 0.2) is 59.7 Å². The summed E-state index contributed by atoms with van der Waals surface area (Å²) in [5.74, 6) is 1.79. The molecule has 0 unspecified atom stereocenters. The van der Waals surface area contributed by atoms with E-state index in [0.717, 1.165) is 49.0 Å². The molecule has 1 fully saturated rings. The largest absolute Gasteiger partial charge is 0.497 e. The van der Waals surface area contributed by atoms with Crippen LogP contribution in [0.3, 0.4) is 0 Å². The van der Waals surface area contributed by atoms with Crippen molar-refractivity contribution in [2.45, 2.75) is 0 Å². The maximum absolute atomic E-state index is 5.32. The Kier molecular flexibility index (Phi) is 4.24. The lowest BCUT2D eigenvalue weighted by molar-refractivity contribution is 0.414. The van der Waals surface area contributed by atoms with Gasteiger partial charge in [0.05, 0.1) is 37.7 Å². The molecule has 3 heterocycles. The fourth-order valence-corrected chi connectivity index (χ4v) is 3.06. The van der Waals surface area contributed by atoms with Crippen LogP contribution < -0.4 is 14.5 Å². The van der Waals surface area contributed by atoms with Gasteiger partial charge in [-0.3, -0.25) is 4.98 Å². The number of anilines is 2. The fraction of sp³-hybridized carbons (Fsp3) is 0.263. The van der Waals surface area contributed by atoms with Crippen molar-refractivity contribution in [2.75, 3.05) is 43.1 Å². The molecule has 4 rings (SSSR count). The molecule has 1 saturated heterocycles. The van der Waals surface area contributed by atoms with E-state index in [4.69, 9.17) is 14.1 Å². The van der Waals surface area contributed by atoms with Crippen molar-refractivity contribution in [2.24, 2.45) is 0 Å². The molecule has 128 valence electrons. The van der Waals surface area contributed by atoms with Gasteiger partial charge >= 0.3 is 0 Å². The molecular formula is C19H20N4O2. The zero-order chi connectivity index (χ0) is 17.1. The number of nitrogens with zero attached hydrogens (tertiary/aromatic N) is 4. The van der Waals surface area contributed by atoms with Crippen molar-refractivity contribution in [1.29, 1.82) is 0 Å². The lowest BCUT2D eigenvalue weighted by Crippen LogP contribution is -2.46. The van der Waals surface area contributed by atoms with E-state index in [1.54, 1.807) is 25.8 Å². The van der Waals surface area contributed by atoms with Crippen molar-refractivity contribution >= 4 is 11.5 Å². The van der Waals surface area contributed by atoms with Gasteiger partial charge in [-0.05, 0) is 18.2 Å². The molecule has 3 aromatic rings. The van der Waals surface area contributed by atoms with Crippen LogP contribution in [0.2, 0.25) is 0 Å². The standard InChI is InChI=1S/C19H20N4O2/c1-24-17-4-2-3-16(11-17)22-6-8-23(9-7-22)19-13-20-12-18(21-19)15-5-10-25-14-15/h2-5,10-14H,6-9H2,1H3. The van der Waals surface area contributed by atoms with Gasteiger partial charge in [0.2, 0.25) is 0 Å². The van der Waals surface area contributed by atoms with Gasteiger partial charge in [0.1, 0.15) is 11.6 Å². The predicted octanol–water partition coefficient (Wildman–Crippen LogP) is 3.07. The van der Waals surface area contributed by atoms with Crippen LogP contribution in [-0.2, 0) is 0 Å². The first-order chi connectivity index (χ1) is 12.3. The van der Waals surface area contributed by atoms with Crippen molar-refractivity contribution < 1.29 is 9.15 Å². The van der Waals surface area contributed by atoms with E-state index in [9.17, 15) is 0 Å². The lowest BCUT2D eigenvalue weighted by atomic mass is 10.2. The molecule has 1 aromatic carbocycles. The number of furan rings is 1. The second-order valence-corrected chi connectivity index (χ2v) is 5.95. The molecule has 0 radical (unpaired) electrons. The van der Waals surface area contributed by atoms with Crippen LogP contribution in [-0.4, -0.2) is 43.3 Å². The maximum atomic E-state index is 5.32. The predicted molar refractivity (Wildman–Crippen MR) is 97.2 cm³/mol. The third kappa shape index (κ3) is 3.28. The second-order valence-electron chi connectivity index (χ2n) is 5.95. The molecule has 0 amide bonds. The Hall–Kier alpha value is -3.02. The van der Waals surface area contributed by atoms with Crippen molar-refractivity contribution in [3.8, 4) is 17.0 Å². The number of ether oxygens (including phenoxy) is 1. The first kappa shape index (κ1) is 15.5. The highest BCUT2D eigenvalue weighted by Gasteiger charge is 2.19. The van der Waals surface area contributed by atoms with E-state index < -0.39 is 0 Å². The first-order valence-corrected chi connectivity index (χ1v) is 8.32. The van der Waals surface area contributed by atoms with E-state index in [0.29, 0.717) is 0 Å². The van der Waals surface area contributed by atoms with Crippen LogP contribution in [0, 0.1) is 0 Å². The maximum Gasteiger partial charge on any atom is 0.147 e. The van der Waals surface area contributed by atoms with Crippen molar-refractivity contribution in [3.63, 3.8) is 0 Å². The molecule has 0 spiro atoms. The molecule has 1 aliphatic heterocycles. The highest BCUT2D eigenvalue weighted by molar-refractivity contribution is 5.59. The zero-order valence-electron chi connectivity index (χ0n) is 14.1. The molecule has 2 aromatic heterocycles. The quantitative estimate of drug-likeness (QED) is 0.730. The minimum atomic E-state index is 0.835. The molecule has 0 saturated carbocycles. The summed E-state index contributed by atoms with van der Waals surface area (Å²) in [6.07, 6.45) is 6.93. The van der Waals surface area contributed by atoms with Crippen molar-refractivity contribution in [1.82, 2.24) is 9.97 Å². The number of benzene rings is 1. The van der Waals surface area contributed by atoms with E-state index in [2.05, 4.69) is 26.9 Å². The Labute approximate surface area is 146 Å². The Bertz CT molecular complexity index is 827. The Morgan fingerprint density at radius 2 is 1.88 bits per heavy atom. The van der Waals surface area contributed by atoms with Crippen LogP contribution in [0.4, 0.5) is 11.5 Å². The third-order valence-corrected chi connectivity index (χ3v) is 4.46. The monoisotopic (exact) mass is 336 g/mol. The number of methoxy groups -OCH3 is 1. The van der Waals surface area contributed by atoms with Crippen molar-refractivity contribution in [3.05, 3.63) is 55.3 Å². The van der Waals surface area contributed by atoms with E-state index in [1.165, 1.54) is 5.69 Å². The summed E-state index contributed by atoms with van der Waals surface area (Å²) < 4.78 is 10.5. The summed E-state index contributed by atoms with van der Waals surface area (Å²) in [6, 6.07) is 10.1. The van der Waals surface area contributed by atoms with E-state index >= 15 is 0 Å². The number of piperazine rings is 1. The molecule has 25 heavy (non-hydrogen) atoms. The Morgan fingerprint density at radius 3 is 2.64 bits per heavy atom. The molecular weight excluding hydrogens is 316 g/mol. The van der Waals surface area contributed by atoms with Gasteiger partial charge in [-0.15, -0.1) is 0 Å². The van der Waals surface area contributed by atoms with Gasteiger partial charge in [0.15, 0.2) is 0 Å². The summed E-state index contributed by atoms with van der Waals surface area (Å²) in [5.41, 5.74) is 2.98. The van der Waals surface area contributed by atoms with Crippen LogP contribution >= 0.6 is 0 Å². The molecule has 0 aliphatic carbocycles. The molecule has 0 N–H and O–H groups in total. The number of aromatic nitrogens is 2. The third-order valence-electron chi connectivity index (χ3n) is 4.46. The minimum absolute atomic E-state index is 0.835. The lowest BCUT2D eigenvalue weighted by Gasteiger charge is -2.36. The van der Waals surface area contributed by atoms with E-state index in [-0.39, 0.29) is 0 Å². The highest BCUT2D eigenvalue weighted by atomic mass is 16.5. The van der Waals surface area contributed by atoms with Gasteiger partial charge in [-0.1, -0.05) is 6.07 Å². The van der Waals surface area contributed by atoms with Gasteiger partial charge in [0, 0.05) is 43.5 Å². The van der Waals surface area contributed by atoms with E-state index in [1.807, 2.05) is 24.4 Å². The number of hydrogen-bond donors (Lipinski definition) is 0. The normalized spacial score (nSPS) is 14.6. The van der Waals surface area contributed by atoms with Crippen LogP contribution in [0.1, 0.15) is 0 Å². The summed E-state index contributed by atoms with van der Waals surface area (Å²) in [5, 5.41) is 0. The molecule has 1 aliphatic rings. The van der Waals surface area contributed by atoms with Crippen LogP contribution in [0.25, 0.3) is 11.3 Å². The SMILES string of the molecule is COc1cccc(N2CCN(c3cncc(-c4ccoc4)n3)CC2)c1. The topological polar surface area (TPSA) is 54.6 Å². The van der Waals surface area contributed by atoms with Gasteiger partial charge < -0.3 is 19.0 Å². The summed E-state index contributed by atoms with van der Waals surface area (Å²) in [6.45, 7) is 3.68. The first-order valence-electron chi connectivity index (χ1n) is 8.32. The van der Waals surface area contributed by atoms with Gasteiger partial charge in [-0.2, -0.15) is 0 Å². The molecule has 6 nitrogen and oxygen atoms in total. The zero-order valence-corrected chi connectivity index (χ0v) is 14.1. The van der Waals surface area contributed by atoms with Gasteiger partial charge in [0.25, 0.3) is 0 Å². The fourth-order valence-electron chi connectivity index (χ4n) is 3.06. The number of rotatable bonds is 4. The summed E-state index contributed by atoms with van der Waals surface area (Å²) in [7, 11) is 1.70. The number of hydrogen-bond acceptors (Lipinski definition) is 6. The minimum Gasteiger partial charge on any atom is -0.497 e. The summed E-state index contributed by atoms with van der Waals surface area (Å²) in [4.78, 5) is 13.7. The Balaban J connectivity index is 1.46. The second kappa shape index (κ2) is 6.84. The molecule has 6 heteroatoms. The Morgan fingerprint density at radius 1 is 1.04 bits per heavy atom. The summed E-state index contributed by atoms with van der Waals surface area (Å²) >= 11 is 0. The molecule has 0 bridgehead atoms. The average Bonchev–Trinajstić information content (AvgIpc) is 3.23. The van der Waals surface area contributed by atoms with Gasteiger partial charge in [-0.25, -0.2) is 4.98 Å². The molecule has 0 atom stereocenters. The smallest absolute Gasteiger partial charge is 0.147 e.